The van der Waals surface area contributed by atoms with Crippen molar-refractivity contribution in [2.75, 3.05) is 18.5 Å². The van der Waals surface area contributed by atoms with Crippen LogP contribution in [0.25, 0.3) is 0 Å². The van der Waals surface area contributed by atoms with Crippen LogP contribution in [0.2, 0.25) is 0 Å². The fraction of sp³-hybridized carbons (Fsp3) is 0.435. The number of hydrogen-bond donors (Lipinski definition) is 2. The minimum absolute atomic E-state index is 0.00262. The monoisotopic (exact) mass is 411 g/mol. The SMILES string of the molecule is CCC(CC)C(=O)Nc1ccc([C@H]2OCC(=O)N(Cc3cccnc3)[C@@H]2CO)cc1. The van der Waals surface area contributed by atoms with Crippen LogP contribution in [0.1, 0.15) is 43.9 Å². The predicted octanol–water partition coefficient (Wildman–Crippen LogP) is 2.92. The molecule has 2 atom stereocenters. The third kappa shape index (κ3) is 5.04. The summed E-state index contributed by atoms with van der Waals surface area (Å²) < 4.78 is 5.79. The first kappa shape index (κ1) is 21.9. The predicted molar refractivity (Wildman–Crippen MR) is 113 cm³/mol. The first-order valence-electron chi connectivity index (χ1n) is 10.4. The van der Waals surface area contributed by atoms with Crippen molar-refractivity contribution >= 4 is 17.5 Å². The zero-order valence-corrected chi connectivity index (χ0v) is 17.5. The van der Waals surface area contributed by atoms with E-state index in [2.05, 4.69) is 10.3 Å². The molecule has 0 radical (unpaired) electrons. The largest absolute Gasteiger partial charge is 0.394 e. The molecule has 1 aromatic carbocycles. The Hall–Kier alpha value is -2.77. The van der Waals surface area contributed by atoms with Gasteiger partial charge in [-0.05, 0) is 42.2 Å². The van der Waals surface area contributed by atoms with Gasteiger partial charge in [0.05, 0.1) is 12.6 Å². The van der Waals surface area contributed by atoms with Gasteiger partial charge in [-0.15, -0.1) is 0 Å². The van der Waals surface area contributed by atoms with Crippen LogP contribution in [-0.4, -0.2) is 46.1 Å². The van der Waals surface area contributed by atoms with E-state index >= 15 is 0 Å². The summed E-state index contributed by atoms with van der Waals surface area (Å²) in [7, 11) is 0. The van der Waals surface area contributed by atoms with Gasteiger partial charge in [0.25, 0.3) is 0 Å². The van der Waals surface area contributed by atoms with Gasteiger partial charge < -0.3 is 20.1 Å². The van der Waals surface area contributed by atoms with E-state index in [0.29, 0.717) is 6.54 Å². The second-order valence-electron chi connectivity index (χ2n) is 7.49. The van der Waals surface area contributed by atoms with E-state index in [1.807, 2.05) is 50.2 Å². The van der Waals surface area contributed by atoms with Gasteiger partial charge in [0.2, 0.25) is 11.8 Å². The number of ether oxygens (including phenoxy) is 1. The summed E-state index contributed by atoms with van der Waals surface area (Å²) in [6, 6.07) is 10.6. The lowest BCUT2D eigenvalue weighted by Crippen LogP contribution is -2.52. The maximum absolute atomic E-state index is 12.5. The lowest BCUT2D eigenvalue weighted by atomic mass is 9.98. The average molecular weight is 412 g/mol. The highest BCUT2D eigenvalue weighted by Crippen LogP contribution is 2.31. The summed E-state index contributed by atoms with van der Waals surface area (Å²) in [5, 5.41) is 13.0. The summed E-state index contributed by atoms with van der Waals surface area (Å²) in [5.74, 6) is -0.150. The zero-order chi connectivity index (χ0) is 21.5. The van der Waals surface area contributed by atoms with Crippen molar-refractivity contribution in [3.63, 3.8) is 0 Å². The Morgan fingerprint density at radius 3 is 2.60 bits per heavy atom. The molecular weight excluding hydrogens is 382 g/mol. The zero-order valence-electron chi connectivity index (χ0n) is 17.5. The summed E-state index contributed by atoms with van der Waals surface area (Å²) >= 11 is 0. The number of nitrogens with one attached hydrogen (secondary N) is 1. The topological polar surface area (TPSA) is 91.8 Å². The van der Waals surface area contributed by atoms with Crippen LogP contribution in [0.3, 0.4) is 0 Å². The van der Waals surface area contributed by atoms with E-state index in [1.165, 1.54) is 0 Å². The number of rotatable bonds is 8. The average Bonchev–Trinajstić information content (AvgIpc) is 2.77. The van der Waals surface area contributed by atoms with Gasteiger partial charge in [-0.2, -0.15) is 0 Å². The van der Waals surface area contributed by atoms with E-state index in [4.69, 9.17) is 4.74 Å². The number of carbonyl (C=O) groups is 2. The van der Waals surface area contributed by atoms with Gasteiger partial charge in [-0.3, -0.25) is 14.6 Å². The minimum Gasteiger partial charge on any atom is -0.394 e. The molecule has 2 amide bonds. The molecule has 2 N–H and O–H groups in total. The molecule has 1 aromatic heterocycles. The molecule has 1 saturated heterocycles. The molecule has 30 heavy (non-hydrogen) atoms. The van der Waals surface area contributed by atoms with Gasteiger partial charge in [0.1, 0.15) is 12.7 Å². The quantitative estimate of drug-likeness (QED) is 0.697. The second kappa shape index (κ2) is 10.3. The molecule has 0 saturated carbocycles. The number of amides is 2. The van der Waals surface area contributed by atoms with Crippen molar-refractivity contribution < 1.29 is 19.4 Å². The molecular formula is C23H29N3O4. The highest BCUT2D eigenvalue weighted by atomic mass is 16.5. The highest BCUT2D eigenvalue weighted by molar-refractivity contribution is 5.92. The number of benzene rings is 1. The first-order valence-corrected chi connectivity index (χ1v) is 10.4. The van der Waals surface area contributed by atoms with E-state index in [1.54, 1.807) is 17.3 Å². The molecule has 160 valence electrons. The minimum atomic E-state index is -0.503. The number of carbonyl (C=O) groups excluding carboxylic acids is 2. The molecule has 2 aromatic rings. The number of aliphatic hydroxyl groups excluding tert-OH is 1. The first-order chi connectivity index (χ1) is 14.6. The molecule has 3 rings (SSSR count). The van der Waals surface area contributed by atoms with Crippen LogP contribution in [-0.2, 0) is 20.9 Å². The Morgan fingerprint density at radius 1 is 1.27 bits per heavy atom. The number of aliphatic hydroxyl groups is 1. The Morgan fingerprint density at radius 2 is 2.00 bits per heavy atom. The fourth-order valence-electron chi connectivity index (χ4n) is 3.77. The Labute approximate surface area is 177 Å². The van der Waals surface area contributed by atoms with Gasteiger partial charge in [0, 0.05) is 30.5 Å². The van der Waals surface area contributed by atoms with E-state index in [0.717, 1.165) is 29.7 Å². The van der Waals surface area contributed by atoms with Gasteiger partial charge in [0.15, 0.2) is 0 Å². The number of hydrogen-bond acceptors (Lipinski definition) is 5. The summed E-state index contributed by atoms with van der Waals surface area (Å²) in [6.07, 6.45) is 4.54. The third-order valence-electron chi connectivity index (χ3n) is 5.58. The van der Waals surface area contributed by atoms with Gasteiger partial charge in [-0.25, -0.2) is 0 Å². The van der Waals surface area contributed by atoms with Crippen LogP contribution < -0.4 is 5.32 Å². The Bertz CT molecular complexity index is 837. The van der Waals surface area contributed by atoms with Gasteiger partial charge >= 0.3 is 0 Å². The van der Waals surface area contributed by atoms with Crippen molar-refractivity contribution in [1.29, 1.82) is 0 Å². The van der Waals surface area contributed by atoms with Crippen LogP contribution >= 0.6 is 0 Å². The number of aromatic nitrogens is 1. The fourth-order valence-corrected chi connectivity index (χ4v) is 3.77. The normalized spacial score (nSPS) is 19.2. The lowest BCUT2D eigenvalue weighted by molar-refractivity contribution is -0.162. The van der Waals surface area contributed by atoms with Crippen molar-refractivity contribution in [2.45, 2.75) is 45.4 Å². The maximum atomic E-state index is 12.5. The highest BCUT2D eigenvalue weighted by Gasteiger charge is 2.37. The third-order valence-corrected chi connectivity index (χ3v) is 5.58. The van der Waals surface area contributed by atoms with Crippen molar-refractivity contribution in [3.05, 3.63) is 59.9 Å². The summed E-state index contributed by atoms with van der Waals surface area (Å²) in [4.78, 5) is 30.5. The molecule has 0 unspecified atom stereocenters. The lowest BCUT2D eigenvalue weighted by Gasteiger charge is -2.40. The number of anilines is 1. The molecule has 1 aliphatic heterocycles. The Balaban J connectivity index is 1.74. The second-order valence-corrected chi connectivity index (χ2v) is 7.49. The molecule has 7 heteroatoms. The molecule has 7 nitrogen and oxygen atoms in total. The summed E-state index contributed by atoms with van der Waals surface area (Å²) in [6.45, 7) is 4.11. The molecule has 0 spiro atoms. The maximum Gasteiger partial charge on any atom is 0.249 e. The molecule has 1 fully saturated rings. The van der Waals surface area contributed by atoms with Crippen molar-refractivity contribution in [1.82, 2.24) is 9.88 Å². The van der Waals surface area contributed by atoms with Crippen LogP contribution in [0.4, 0.5) is 5.69 Å². The van der Waals surface area contributed by atoms with E-state index < -0.39 is 12.1 Å². The Kier molecular flexibility index (Phi) is 7.54. The van der Waals surface area contributed by atoms with Gasteiger partial charge in [-0.1, -0.05) is 32.0 Å². The molecule has 0 aliphatic carbocycles. The number of morpholine rings is 1. The standard InChI is InChI=1S/C23H29N3O4/c1-3-17(4-2)23(29)25-19-9-7-18(8-10-19)22-20(14-27)26(21(28)15-30-22)13-16-6-5-11-24-12-16/h5-12,17,20,22,27H,3-4,13-15H2,1-2H3,(H,25,29)/t20-,22-/m1/s1. The van der Waals surface area contributed by atoms with Crippen molar-refractivity contribution in [3.8, 4) is 0 Å². The smallest absolute Gasteiger partial charge is 0.249 e. The van der Waals surface area contributed by atoms with Crippen LogP contribution in [0.5, 0.6) is 0 Å². The van der Waals surface area contributed by atoms with Crippen LogP contribution in [0, 0.1) is 5.92 Å². The molecule has 0 bridgehead atoms. The number of nitrogens with zero attached hydrogens (tertiary/aromatic N) is 2. The van der Waals surface area contributed by atoms with Crippen LogP contribution in [0.15, 0.2) is 48.8 Å². The van der Waals surface area contributed by atoms with E-state index in [-0.39, 0.29) is 30.9 Å². The number of pyridine rings is 1. The summed E-state index contributed by atoms with van der Waals surface area (Å²) in [5.41, 5.74) is 2.46. The molecule has 1 aliphatic rings. The molecule has 2 heterocycles. The van der Waals surface area contributed by atoms with Crippen molar-refractivity contribution in [2.24, 2.45) is 5.92 Å². The van der Waals surface area contributed by atoms with E-state index in [9.17, 15) is 14.7 Å².